The molecule has 1 aromatic carbocycles. The Labute approximate surface area is 95.6 Å². The molecule has 0 heterocycles. The van der Waals surface area contributed by atoms with Crippen molar-refractivity contribution in [3.63, 3.8) is 0 Å². The summed E-state index contributed by atoms with van der Waals surface area (Å²) in [5.74, 6) is -0.799. The zero-order valence-corrected chi connectivity index (χ0v) is 9.71. The minimum atomic E-state index is -0.799. The van der Waals surface area contributed by atoms with Crippen LogP contribution in [-0.2, 0) is 11.2 Å². The largest absolute Gasteiger partial charge is 0.481 e. The fraction of sp³-hybridized carbons (Fsp3) is 0.417. The SMILES string of the molecule is CCc1ccc(NNCCC(=O)O)c(C)c1. The van der Waals surface area contributed by atoms with Crippen LogP contribution in [0.25, 0.3) is 0 Å². The summed E-state index contributed by atoms with van der Waals surface area (Å²) in [4.78, 5) is 10.3. The number of carboxylic acids is 1. The Kier molecular flexibility index (Phi) is 4.79. The van der Waals surface area contributed by atoms with Crippen LogP contribution in [0.2, 0.25) is 0 Å². The smallest absolute Gasteiger partial charge is 0.304 e. The van der Waals surface area contributed by atoms with Gasteiger partial charge in [0.15, 0.2) is 0 Å². The first-order valence-electron chi connectivity index (χ1n) is 5.43. The van der Waals surface area contributed by atoms with E-state index in [-0.39, 0.29) is 6.42 Å². The van der Waals surface area contributed by atoms with E-state index >= 15 is 0 Å². The Morgan fingerprint density at radius 3 is 2.75 bits per heavy atom. The molecule has 1 rings (SSSR count). The van der Waals surface area contributed by atoms with Crippen molar-refractivity contribution in [2.45, 2.75) is 26.7 Å². The van der Waals surface area contributed by atoms with Gasteiger partial charge < -0.3 is 10.5 Å². The minimum absolute atomic E-state index is 0.110. The fourth-order valence-corrected chi connectivity index (χ4v) is 1.41. The lowest BCUT2D eigenvalue weighted by Crippen LogP contribution is -2.24. The van der Waals surface area contributed by atoms with Gasteiger partial charge in [0.25, 0.3) is 0 Å². The van der Waals surface area contributed by atoms with E-state index in [0.717, 1.165) is 17.7 Å². The van der Waals surface area contributed by atoms with Gasteiger partial charge in [0.05, 0.1) is 12.1 Å². The number of anilines is 1. The number of hydrogen-bond acceptors (Lipinski definition) is 3. The van der Waals surface area contributed by atoms with Crippen molar-refractivity contribution in [1.29, 1.82) is 0 Å². The number of hydrogen-bond donors (Lipinski definition) is 3. The van der Waals surface area contributed by atoms with Crippen molar-refractivity contribution < 1.29 is 9.90 Å². The van der Waals surface area contributed by atoms with Gasteiger partial charge in [0.1, 0.15) is 0 Å². The van der Waals surface area contributed by atoms with Crippen LogP contribution < -0.4 is 10.9 Å². The van der Waals surface area contributed by atoms with Crippen LogP contribution in [0, 0.1) is 6.92 Å². The minimum Gasteiger partial charge on any atom is -0.481 e. The number of hydrazine groups is 1. The highest BCUT2D eigenvalue weighted by molar-refractivity contribution is 5.66. The monoisotopic (exact) mass is 222 g/mol. The summed E-state index contributed by atoms with van der Waals surface area (Å²) in [6.07, 6.45) is 1.13. The van der Waals surface area contributed by atoms with Gasteiger partial charge in [-0.2, -0.15) is 0 Å². The van der Waals surface area contributed by atoms with E-state index in [9.17, 15) is 4.79 Å². The van der Waals surface area contributed by atoms with Gasteiger partial charge in [-0.15, -0.1) is 0 Å². The predicted molar refractivity (Wildman–Crippen MR) is 64.4 cm³/mol. The number of aryl methyl sites for hydroxylation is 2. The van der Waals surface area contributed by atoms with E-state index in [1.165, 1.54) is 5.56 Å². The number of rotatable bonds is 6. The molecule has 0 saturated carbocycles. The second-order valence-electron chi connectivity index (χ2n) is 3.70. The predicted octanol–water partition coefficient (Wildman–Crippen LogP) is 1.95. The lowest BCUT2D eigenvalue weighted by Gasteiger charge is -2.11. The molecule has 0 fully saturated rings. The molecule has 0 unspecified atom stereocenters. The van der Waals surface area contributed by atoms with Crippen molar-refractivity contribution in [3.8, 4) is 0 Å². The van der Waals surface area contributed by atoms with E-state index < -0.39 is 5.97 Å². The zero-order valence-electron chi connectivity index (χ0n) is 9.71. The maximum Gasteiger partial charge on any atom is 0.304 e. The quantitative estimate of drug-likeness (QED) is 0.508. The molecular formula is C12H18N2O2. The molecule has 0 aliphatic heterocycles. The second kappa shape index (κ2) is 6.12. The summed E-state index contributed by atoms with van der Waals surface area (Å²) in [6.45, 7) is 4.55. The van der Waals surface area contributed by atoms with Crippen molar-refractivity contribution in [2.24, 2.45) is 0 Å². The average molecular weight is 222 g/mol. The van der Waals surface area contributed by atoms with Gasteiger partial charge in [-0.1, -0.05) is 19.1 Å². The molecule has 0 radical (unpaired) electrons. The molecule has 16 heavy (non-hydrogen) atoms. The molecular weight excluding hydrogens is 204 g/mol. The average Bonchev–Trinajstić information content (AvgIpc) is 2.25. The molecule has 0 atom stereocenters. The topological polar surface area (TPSA) is 61.4 Å². The van der Waals surface area contributed by atoms with Gasteiger partial charge in [-0.3, -0.25) is 4.79 Å². The Morgan fingerprint density at radius 2 is 2.19 bits per heavy atom. The third-order valence-electron chi connectivity index (χ3n) is 2.39. The molecule has 0 spiro atoms. The molecule has 88 valence electrons. The van der Waals surface area contributed by atoms with Gasteiger partial charge in [-0.25, -0.2) is 5.43 Å². The van der Waals surface area contributed by atoms with Crippen molar-refractivity contribution >= 4 is 11.7 Å². The normalized spacial score (nSPS) is 10.1. The third-order valence-corrected chi connectivity index (χ3v) is 2.39. The van der Waals surface area contributed by atoms with E-state index in [0.29, 0.717) is 6.54 Å². The van der Waals surface area contributed by atoms with Crippen LogP contribution in [0.5, 0.6) is 0 Å². The molecule has 1 aromatic rings. The van der Waals surface area contributed by atoms with E-state index in [4.69, 9.17) is 5.11 Å². The summed E-state index contributed by atoms with van der Waals surface area (Å²) < 4.78 is 0. The molecule has 0 aliphatic carbocycles. The Hall–Kier alpha value is -1.55. The first-order chi connectivity index (χ1) is 7.63. The van der Waals surface area contributed by atoms with Crippen LogP contribution in [0.15, 0.2) is 18.2 Å². The second-order valence-corrected chi connectivity index (χ2v) is 3.70. The molecule has 0 aromatic heterocycles. The van der Waals surface area contributed by atoms with Crippen LogP contribution in [0.4, 0.5) is 5.69 Å². The first kappa shape index (κ1) is 12.5. The van der Waals surface area contributed by atoms with Crippen LogP contribution in [0.3, 0.4) is 0 Å². The lowest BCUT2D eigenvalue weighted by atomic mass is 10.1. The van der Waals surface area contributed by atoms with Crippen molar-refractivity contribution in [3.05, 3.63) is 29.3 Å². The van der Waals surface area contributed by atoms with Gasteiger partial charge in [-0.05, 0) is 30.5 Å². The van der Waals surface area contributed by atoms with Crippen LogP contribution >= 0.6 is 0 Å². The maximum atomic E-state index is 10.3. The summed E-state index contributed by atoms with van der Waals surface area (Å²) in [6, 6.07) is 6.19. The molecule has 4 nitrogen and oxygen atoms in total. The highest BCUT2D eigenvalue weighted by Crippen LogP contribution is 2.15. The van der Waals surface area contributed by atoms with Gasteiger partial charge in [0, 0.05) is 6.54 Å². The number of benzene rings is 1. The number of nitrogens with one attached hydrogen (secondary N) is 2. The summed E-state index contributed by atoms with van der Waals surface area (Å²) >= 11 is 0. The number of carbonyl (C=O) groups is 1. The highest BCUT2D eigenvalue weighted by Gasteiger charge is 1.99. The third kappa shape index (κ3) is 3.90. The van der Waals surface area contributed by atoms with Gasteiger partial charge in [0.2, 0.25) is 0 Å². The number of carboxylic acid groups (broad SMARTS) is 1. The maximum absolute atomic E-state index is 10.3. The number of aliphatic carboxylic acids is 1. The van der Waals surface area contributed by atoms with Crippen molar-refractivity contribution in [1.82, 2.24) is 5.43 Å². The summed E-state index contributed by atoms with van der Waals surface area (Å²) in [5, 5.41) is 8.47. The molecule has 0 aliphatic rings. The Bertz CT molecular complexity index is 364. The summed E-state index contributed by atoms with van der Waals surface area (Å²) in [5.41, 5.74) is 9.33. The molecule has 0 bridgehead atoms. The van der Waals surface area contributed by atoms with Crippen LogP contribution in [0.1, 0.15) is 24.5 Å². The van der Waals surface area contributed by atoms with E-state index in [2.05, 4.69) is 29.9 Å². The first-order valence-corrected chi connectivity index (χ1v) is 5.43. The molecule has 0 saturated heterocycles. The van der Waals surface area contributed by atoms with Crippen LogP contribution in [-0.4, -0.2) is 17.6 Å². The van der Waals surface area contributed by atoms with Gasteiger partial charge >= 0.3 is 5.97 Å². The van der Waals surface area contributed by atoms with E-state index in [1.807, 2.05) is 13.0 Å². The zero-order chi connectivity index (χ0) is 12.0. The lowest BCUT2D eigenvalue weighted by molar-refractivity contribution is -0.136. The Balaban J connectivity index is 2.45. The Morgan fingerprint density at radius 1 is 1.44 bits per heavy atom. The fourth-order valence-electron chi connectivity index (χ4n) is 1.41. The summed E-state index contributed by atoms with van der Waals surface area (Å²) in [7, 11) is 0. The molecule has 0 amide bonds. The molecule has 4 heteroatoms. The van der Waals surface area contributed by atoms with E-state index in [1.54, 1.807) is 0 Å². The standard InChI is InChI=1S/C12H18N2O2/c1-3-10-4-5-11(9(2)8-10)14-13-7-6-12(15)16/h4-5,8,13-14H,3,6-7H2,1-2H3,(H,15,16). The van der Waals surface area contributed by atoms with Crippen molar-refractivity contribution in [2.75, 3.05) is 12.0 Å². The highest BCUT2D eigenvalue weighted by atomic mass is 16.4. The molecule has 3 N–H and O–H groups in total.